The maximum Gasteiger partial charge on any atom is 0.251 e. The van der Waals surface area contributed by atoms with E-state index in [1.165, 1.54) is 4.88 Å². The highest BCUT2D eigenvalue weighted by atomic mass is 32.1. The molecule has 0 aliphatic carbocycles. The van der Waals surface area contributed by atoms with E-state index >= 15 is 0 Å². The first kappa shape index (κ1) is 21.9. The summed E-state index contributed by atoms with van der Waals surface area (Å²) in [6.07, 6.45) is 3.85. The number of amides is 1. The first-order valence-electron chi connectivity index (χ1n) is 9.60. The SMILES string of the molecule is CCc1cnc(CCNC(=NC)NCc2cccc(C(=O)NC(C)(C)C)c2)s1. The third-order valence-corrected chi connectivity index (χ3v) is 5.14. The molecule has 0 radical (unpaired) electrons. The van der Waals surface area contributed by atoms with Crippen molar-refractivity contribution in [2.24, 2.45) is 4.99 Å². The fourth-order valence-electron chi connectivity index (χ4n) is 2.56. The monoisotopic (exact) mass is 401 g/mol. The minimum Gasteiger partial charge on any atom is -0.356 e. The third-order valence-electron chi connectivity index (χ3n) is 3.94. The molecule has 0 bridgehead atoms. The van der Waals surface area contributed by atoms with Gasteiger partial charge in [-0.05, 0) is 44.9 Å². The van der Waals surface area contributed by atoms with Crippen LogP contribution in [0.25, 0.3) is 0 Å². The molecular weight excluding hydrogens is 370 g/mol. The summed E-state index contributed by atoms with van der Waals surface area (Å²) in [6.45, 7) is 9.42. The average molecular weight is 402 g/mol. The number of guanidine groups is 1. The number of thiazole rings is 1. The van der Waals surface area contributed by atoms with Gasteiger partial charge in [0.1, 0.15) is 0 Å². The van der Waals surface area contributed by atoms with Crippen molar-refractivity contribution < 1.29 is 4.79 Å². The second-order valence-electron chi connectivity index (χ2n) is 7.58. The molecule has 3 N–H and O–H groups in total. The maximum absolute atomic E-state index is 12.3. The molecule has 0 saturated carbocycles. The van der Waals surface area contributed by atoms with Crippen LogP contribution in [0.1, 0.15) is 53.5 Å². The molecule has 1 aromatic heterocycles. The smallest absolute Gasteiger partial charge is 0.251 e. The van der Waals surface area contributed by atoms with Gasteiger partial charge in [0.2, 0.25) is 0 Å². The predicted molar refractivity (Wildman–Crippen MR) is 117 cm³/mol. The van der Waals surface area contributed by atoms with Gasteiger partial charge in [-0.25, -0.2) is 4.98 Å². The molecule has 0 saturated heterocycles. The lowest BCUT2D eigenvalue weighted by atomic mass is 10.1. The van der Waals surface area contributed by atoms with Crippen LogP contribution < -0.4 is 16.0 Å². The molecule has 2 rings (SSSR count). The van der Waals surface area contributed by atoms with Gasteiger partial charge in [-0.2, -0.15) is 0 Å². The molecule has 1 amide bonds. The molecule has 2 aromatic rings. The van der Waals surface area contributed by atoms with Crippen LogP contribution in [0.5, 0.6) is 0 Å². The van der Waals surface area contributed by atoms with Crippen molar-refractivity contribution in [3.05, 3.63) is 51.5 Å². The molecule has 152 valence electrons. The minimum atomic E-state index is -0.257. The van der Waals surface area contributed by atoms with Crippen molar-refractivity contribution in [3.8, 4) is 0 Å². The molecule has 0 aliphatic heterocycles. The van der Waals surface area contributed by atoms with Crippen molar-refractivity contribution in [1.82, 2.24) is 20.9 Å². The molecule has 0 unspecified atom stereocenters. The Morgan fingerprint density at radius 2 is 2.04 bits per heavy atom. The van der Waals surface area contributed by atoms with Gasteiger partial charge in [-0.15, -0.1) is 11.3 Å². The number of aliphatic imine (C=N–C) groups is 1. The van der Waals surface area contributed by atoms with Crippen LogP contribution in [-0.2, 0) is 19.4 Å². The number of benzene rings is 1. The molecule has 28 heavy (non-hydrogen) atoms. The van der Waals surface area contributed by atoms with E-state index in [0.29, 0.717) is 12.1 Å². The summed E-state index contributed by atoms with van der Waals surface area (Å²) < 4.78 is 0. The Morgan fingerprint density at radius 1 is 1.25 bits per heavy atom. The second kappa shape index (κ2) is 10.2. The quantitative estimate of drug-likeness (QED) is 0.492. The van der Waals surface area contributed by atoms with E-state index in [2.05, 4.69) is 32.9 Å². The highest BCUT2D eigenvalue weighted by molar-refractivity contribution is 7.11. The molecule has 6 nitrogen and oxygen atoms in total. The number of hydrogen-bond acceptors (Lipinski definition) is 4. The van der Waals surface area contributed by atoms with Gasteiger partial charge in [0.25, 0.3) is 5.91 Å². The fourth-order valence-corrected chi connectivity index (χ4v) is 3.42. The van der Waals surface area contributed by atoms with Crippen molar-refractivity contribution in [2.75, 3.05) is 13.6 Å². The summed E-state index contributed by atoms with van der Waals surface area (Å²) in [4.78, 5) is 22.3. The van der Waals surface area contributed by atoms with E-state index in [9.17, 15) is 4.79 Å². The summed E-state index contributed by atoms with van der Waals surface area (Å²) in [6, 6.07) is 7.63. The van der Waals surface area contributed by atoms with Crippen molar-refractivity contribution in [3.63, 3.8) is 0 Å². The number of aryl methyl sites for hydroxylation is 1. The number of aromatic nitrogens is 1. The van der Waals surface area contributed by atoms with E-state index in [-0.39, 0.29) is 11.4 Å². The molecule has 1 aromatic carbocycles. The number of rotatable bonds is 7. The van der Waals surface area contributed by atoms with Crippen LogP contribution in [0.4, 0.5) is 0 Å². The highest BCUT2D eigenvalue weighted by Crippen LogP contribution is 2.13. The van der Waals surface area contributed by atoms with Crippen LogP contribution >= 0.6 is 11.3 Å². The summed E-state index contributed by atoms with van der Waals surface area (Å²) in [5.74, 6) is 0.670. The number of hydrogen-bond donors (Lipinski definition) is 3. The highest BCUT2D eigenvalue weighted by Gasteiger charge is 2.15. The topological polar surface area (TPSA) is 78.4 Å². The zero-order chi connectivity index (χ0) is 20.6. The average Bonchev–Trinajstić information content (AvgIpc) is 3.11. The lowest BCUT2D eigenvalue weighted by Gasteiger charge is -2.20. The van der Waals surface area contributed by atoms with Crippen LogP contribution in [0.15, 0.2) is 35.5 Å². The Bertz CT molecular complexity index is 807. The fraction of sp³-hybridized carbons (Fsp3) is 0.476. The maximum atomic E-state index is 12.3. The normalized spacial score (nSPS) is 12.0. The third kappa shape index (κ3) is 7.31. The van der Waals surface area contributed by atoms with E-state index in [4.69, 9.17) is 0 Å². The Kier molecular flexibility index (Phi) is 7.99. The Hall–Kier alpha value is -2.41. The molecule has 0 aliphatic rings. The zero-order valence-electron chi connectivity index (χ0n) is 17.4. The molecule has 1 heterocycles. The molecular formula is C21H31N5OS. The first-order valence-corrected chi connectivity index (χ1v) is 10.4. The molecule has 0 atom stereocenters. The van der Waals surface area contributed by atoms with Crippen LogP contribution in [-0.4, -0.2) is 36.0 Å². The second-order valence-corrected chi connectivity index (χ2v) is 8.78. The Labute approximate surface area is 171 Å². The van der Waals surface area contributed by atoms with Crippen molar-refractivity contribution >= 4 is 23.2 Å². The van der Waals surface area contributed by atoms with Gasteiger partial charge in [0, 0.05) is 48.7 Å². The van der Waals surface area contributed by atoms with Gasteiger partial charge in [0.05, 0.1) is 5.01 Å². The van der Waals surface area contributed by atoms with Gasteiger partial charge < -0.3 is 16.0 Å². The summed E-state index contributed by atoms with van der Waals surface area (Å²) in [7, 11) is 1.75. The largest absolute Gasteiger partial charge is 0.356 e. The first-order chi connectivity index (χ1) is 13.3. The Balaban J connectivity index is 1.84. The minimum absolute atomic E-state index is 0.0632. The summed E-state index contributed by atoms with van der Waals surface area (Å²) in [5.41, 5.74) is 1.43. The van der Waals surface area contributed by atoms with Gasteiger partial charge >= 0.3 is 0 Å². The van der Waals surface area contributed by atoms with Gasteiger partial charge in [0.15, 0.2) is 5.96 Å². The summed E-state index contributed by atoms with van der Waals surface area (Å²) >= 11 is 1.76. The van der Waals surface area contributed by atoms with E-state index in [1.54, 1.807) is 18.4 Å². The van der Waals surface area contributed by atoms with E-state index in [0.717, 1.165) is 35.9 Å². The standard InChI is InChI=1S/C21H31N5OS/c1-6-17-14-24-18(28-17)10-11-23-20(22-5)25-13-15-8-7-9-16(12-15)19(27)26-21(2,3)4/h7-9,12,14H,6,10-11,13H2,1-5H3,(H,26,27)(H2,22,23,25). The molecule has 0 fully saturated rings. The van der Waals surface area contributed by atoms with Crippen molar-refractivity contribution in [2.45, 2.75) is 52.6 Å². The van der Waals surface area contributed by atoms with E-state index < -0.39 is 0 Å². The zero-order valence-corrected chi connectivity index (χ0v) is 18.2. The predicted octanol–water partition coefficient (Wildman–Crippen LogP) is 3.14. The van der Waals surface area contributed by atoms with Crippen LogP contribution in [0.3, 0.4) is 0 Å². The lowest BCUT2D eigenvalue weighted by molar-refractivity contribution is 0.0919. The van der Waals surface area contributed by atoms with Crippen LogP contribution in [0.2, 0.25) is 0 Å². The van der Waals surface area contributed by atoms with E-state index in [1.807, 2.05) is 51.2 Å². The van der Waals surface area contributed by atoms with Crippen LogP contribution in [0, 0.1) is 0 Å². The summed E-state index contributed by atoms with van der Waals surface area (Å²) in [5, 5.41) is 10.7. The number of carbonyl (C=O) groups is 1. The molecule has 0 spiro atoms. The lowest BCUT2D eigenvalue weighted by Crippen LogP contribution is -2.40. The van der Waals surface area contributed by atoms with Gasteiger partial charge in [-0.1, -0.05) is 19.1 Å². The van der Waals surface area contributed by atoms with Gasteiger partial charge in [-0.3, -0.25) is 9.79 Å². The Morgan fingerprint density at radius 3 is 2.68 bits per heavy atom. The number of carbonyl (C=O) groups excluding carboxylic acids is 1. The number of nitrogens with one attached hydrogen (secondary N) is 3. The van der Waals surface area contributed by atoms with Crippen molar-refractivity contribution in [1.29, 1.82) is 0 Å². The molecule has 7 heteroatoms. The number of nitrogens with zero attached hydrogens (tertiary/aromatic N) is 2.